The number of ether oxygens (including phenoxy) is 1. The lowest BCUT2D eigenvalue weighted by molar-refractivity contribution is 0.101. The molecular weight excluding hydrogens is 308 g/mol. The first kappa shape index (κ1) is 12.0. The molecule has 0 saturated carbocycles. The highest BCUT2D eigenvalue weighted by atomic mass is 79.9. The number of carbonyl (C=O) groups excluding carboxylic acids is 1. The predicted molar refractivity (Wildman–Crippen MR) is 75.2 cm³/mol. The summed E-state index contributed by atoms with van der Waals surface area (Å²) >= 11 is 3.42. The second kappa shape index (κ2) is 4.55. The van der Waals surface area contributed by atoms with Gasteiger partial charge in [0.2, 0.25) is 5.78 Å². The maximum absolute atomic E-state index is 12.1. The Balaban J connectivity index is 2.02. The van der Waals surface area contributed by atoms with Gasteiger partial charge in [0, 0.05) is 10.5 Å². The summed E-state index contributed by atoms with van der Waals surface area (Å²) in [5.74, 6) is 0.551. The summed E-state index contributed by atoms with van der Waals surface area (Å²) in [4.78, 5) is 12.1. The summed E-state index contributed by atoms with van der Waals surface area (Å²) in [5, 5.41) is 9.38. The molecule has 1 N–H and O–H groups in total. The zero-order chi connectivity index (χ0) is 13.4. The Morgan fingerprint density at radius 2 is 1.95 bits per heavy atom. The SMILES string of the molecule is O=C1/C(=C/c2ccccc2Br)Oc2cc(O)ccc21. The molecule has 0 aromatic heterocycles. The quantitative estimate of drug-likeness (QED) is 0.815. The molecule has 0 unspecified atom stereocenters. The fourth-order valence-electron chi connectivity index (χ4n) is 1.91. The second-order valence-corrected chi connectivity index (χ2v) is 5.00. The van der Waals surface area contributed by atoms with Crippen LogP contribution in [0.15, 0.2) is 52.7 Å². The highest BCUT2D eigenvalue weighted by Gasteiger charge is 2.27. The molecule has 0 amide bonds. The molecule has 19 heavy (non-hydrogen) atoms. The summed E-state index contributed by atoms with van der Waals surface area (Å²) in [6.07, 6.45) is 1.68. The van der Waals surface area contributed by atoms with Crippen LogP contribution in [-0.4, -0.2) is 10.9 Å². The minimum atomic E-state index is -0.175. The van der Waals surface area contributed by atoms with Gasteiger partial charge in [0.15, 0.2) is 5.76 Å². The molecule has 0 atom stereocenters. The fraction of sp³-hybridized carbons (Fsp3) is 0. The van der Waals surface area contributed by atoms with E-state index < -0.39 is 0 Å². The lowest BCUT2D eigenvalue weighted by Gasteiger charge is -2.00. The van der Waals surface area contributed by atoms with Crippen molar-refractivity contribution in [2.24, 2.45) is 0 Å². The van der Waals surface area contributed by atoms with E-state index in [1.54, 1.807) is 12.1 Å². The number of hydrogen-bond donors (Lipinski definition) is 1. The number of phenolic OH excluding ortho intramolecular Hbond substituents is 1. The Bertz CT molecular complexity index is 704. The van der Waals surface area contributed by atoms with Gasteiger partial charge in [-0.25, -0.2) is 0 Å². The first-order valence-electron chi connectivity index (χ1n) is 5.67. The van der Waals surface area contributed by atoms with Crippen LogP contribution in [-0.2, 0) is 0 Å². The number of halogens is 1. The molecule has 1 heterocycles. The van der Waals surface area contributed by atoms with Crippen LogP contribution in [0.5, 0.6) is 11.5 Å². The van der Waals surface area contributed by atoms with Crippen molar-refractivity contribution in [2.45, 2.75) is 0 Å². The number of rotatable bonds is 1. The van der Waals surface area contributed by atoms with E-state index in [1.807, 2.05) is 24.3 Å². The standard InChI is InChI=1S/C15H9BrO3/c16-12-4-2-1-3-9(12)7-14-15(18)11-6-5-10(17)8-13(11)19-14/h1-8,17H/b14-7-. The minimum Gasteiger partial charge on any atom is -0.508 e. The molecule has 0 aliphatic carbocycles. The molecule has 0 bridgehead atoms. The number of allylic oxidation sites excluding steroid dienone is 1. The zero-order valence-corrected chi connectivity index (χ0v) is 11.3. The van der Waals surface area contributed by atoms with Crippen molar-refractivity contribution in [1.29, 1.82) is 0 Å². The molecule has 2 aromatic rings. The molecule has 1 aliphatic heterocycles. The van der Waals surface area contributed by atoms with Gasteiger partial charge in [-0.2, -0.15) is 0 Å². The maximum Gasteiger partial charge on any atom is 0.231 e. The van der Waals surface area contributed by atoms with Gasteiger partial charge >= 0.3 is 0 Å². The normalized spacial score (nSPS) is 15.4. The topological polar surface area (TPSA) is 46.5 Å². The molecule has 2 aromatic carbocycles. The summed E-state index contributed by atoms with van der Waals surface area (Å²) in [6, 6.07) is 12.0. The number of hydrogen-bond acceptors (Lipinski definition) is 3. The van der Waals surface area contributed by atoms with Crippen molar-refractivity contribution >= 4 is 27.8 Å². The van der Waals surface area contributed by atoms with Gasteiger partial charge in [0.1, 0.15) is 11.5 Å². The van der Waals surface area contributed by atoms with Gasteiger partial charge in [-0.1, -0.05) is 34.1 Å². The van der Waals surface area contributed by atoms with Crippen LogP contribution in [0.2, 0.25) is 0 Å². The third-order valence-electron chi connectivity index (χ3n) is 2.85. The zero-order valence-electron chi connectivity index (χ0n) is 9.76. The van der Waals surface area contributed by atoms with E-state index in [0.717, 1.165) is 10.0 Å². The third kappa shape index (κ3) is 2.15. The molecule has 0 saturated heterocycles. The van der Waals surface area contributed by atoms with Gasteiger partial charge in [-0.3, -0.25) is 4.79 Å². The molecule has 0 spiro atoms. The van der Waals surface area contributed by atoms with Crippen LogP contribution in [0, 0.1) is 0 Å². The largest absolute Gasteiger partial charge is 0.508 e. The number of aromatic hydroxyl groups is 1. The smallest absolute Gasteiger partial charge is 0.231 e. The average molecular weight is 317 g/mol. The second-order valence-electron chi connectivity index (χ2n) is 4.14. The number of phenols is 1. The average Bonchev–Trinajstić information content (AvgIpc) is 2.68. The summed E-state index contributed by atoms with van der Waals surface area (Å²) < 4.78 is 6.38. The predicted octanol–water partition coefficient (Wildman–Crippen LogP) is 3.77. The Morgan fingerprint density at radius 1 is 1.16 bits per heavy atom. The van der Waals surface area contributed by atoms with E-state index in [4.69, 9.17) is 4.74 Å². The van der Waals surface area contributed by atoms with Crippen molar-refractivity contribution in [1.82, 2.24) is 0 Å². The number of carbonyl (C=O) groups is 1. The van der Waals surface area contributed by atoms with Gasteiger partial charge < -0.3 is 9.84 Å². The van der Waals surface area contributed by atoms with E-state index in [1.165, 1.54) is 12.1 Å². The summed E-state index contributed by atoms with van der Waals surface area (Å²) in [7, 11) is 0. The Morgan fingerprint density at radius 3 is 2.74 bits per heavy atom. The first-order valence-corrected chi connectivity index (χ1v) is 6.46. The Hall–Kier alpha value is -2.07. The monoisotopic (exact) mass is 316 g/mol. The highest BCUT2D eigenvalue weighted by molar-refractivity contribution is 9.10. The highest BCUT2D eigenvalue weighted by Crippen LogP contribution is 2.34. The number of benzene rings is 2. The van der Waals surface area contributed by atoms with Gasteiger partial charge in [-0.15, -0.1) is 0 Å². The number of Topliss-reactive ketones (excluding diaryl/α,β-unsaturated/α-hetero) is 1. The van der Waals surface area contributed by atoms with E-state index >= 15 is 0 Å². The van der Waals surface area contributed by atoms with E-state index in [9.17, 15) is 9.90 Å². The summed E-state index contributed by atoms with van der Waals surface area (Å²) in [6.45, 7) is 0. The lowest BCUT2D eigenvalue weighted by atomic mass is 10.1. The van der Waals surface area contributed by atoms with Gasteiger partial charge in [-0.05, 0) is 29.8 Å². The van der Waals surface area contributed by atoms with Crippen LogP contribution in [0.4, 0.5) is 0 Å². The van der Waals surface area contributed by atoms with Crippen LogP contribution >= 0.6 is 15.9 Å². The lowest BCUT2D eigenvalue weighted by Crippen LogP contribution is -1.98. The molecule has 0 radical (unpaired) electrons. The molecule has 0 fully saturated rings. The fourth-order valence-corrected chi connectivity index (χ4v) is 2.31. The molecule has 94 valence electrons. The van der Waals surface area contributed by atoms with E-state index in [-0.39, 0.29) is 17.3 Å². The molecule has 3 nitrogen and oxygen atoms in total. The molecule has 3 rings (SSSR count). The van der Waals surface area contributed by atoms with Crippen molar-refractivity contribution in [3.8, 4) is 11.5 Å². The first-order chi connectivity index (χ1) is 9.15. The summed E-state index contributed by atoms with van der Waals surface area (Å²) in [5.41, 5.74) is 1.33. The van der Waals surface area contributed by atoms with E-state index in [2.05, 4.69) is 15.9 Å². The number of fused-ring (bicyclic) bond motifs is 1. The van der Waals surface area contributed by atoms with Crippen molar-refractivity contribution in [2.75, 3.05) is 0 Å². The van der Waals surface area contributed by atoms with Crippen molar-refractivity contribution < 1.29 is 14.6 Å². The van der Waals surface area contributed by atoms with Crippen LogP contribution < -0.4 is 4.74 Å². The van der Waals surface area contributed by atoms with Crippen molar-refractivity contribution in [3.05, 3.63) is 63.8 Å². The number of ketones is 1. The Kier molecular flexibility index (Phi) is 2.87. The van der Waals surface area contributed by atoms with Crippen LogP contribution in [0.3, 0.4) is 0 Å². The molecule has 4 heteroatoms. The molecule has 1 aliphatic rings. The van der Waals surface area contributed by atoms with Crippen molar-refractivity contribution in [3.63, 3.8) is 0 Å². The Labute approximate surface area is 118 Å². The van der Waals surface area contributed by atoms with E-state index in [0.29, 0.717) is 11.3 Å². The third-order valence-corrected chi connectivity index (χ3v) is 3.57. The molecular formula is C15H9BrO3. The van der Waals surface area contributed by atoms with Gasteiger partial charge in [0.25, 0.3) is 0 Å². The van der Waals surface area contributed by atoms with Crippen LogP contribution in [0.1, 0.15) is 15.9 Å². The van der Waals surface area contributed by atoms with Gasteiger partial charge in [0.05, 0.1) is 5.56 Å². The maximum atomic E-state index is 12.1. The van der Waals surface area contributed by atoms with Crippen LogP contribution in [0.25, 0.3) is 6.08 Å². The minimum absolute atomic E-state index is 0.0775.